The van der Waals surface area contributed by atoms with E-state index in [1.807, 2.05) is 61.0 Å². The minimum Gasteiger partial charge on any atom is -0.305 e. The summed E-state index contributed by atoms with van der Waals surface area (Å²) in [6, 6.07) is 34.3. The first-order chi connectivity index (χ1) is 18.6. The van der Waals surface area contributed by atoms with Gasteiger partial charge in [-0.15, -0.1) is 59.7 Å². The van der Waals surface area contributed by atoms with Crippen LogP contribution in [0.4, 0.5) is 0 Å². The number of aromatic nitrogens is 2. The minimum absolute atomic E-state index is 0. The molecule has 6 aromatic rings. The normalized spacial score (nSPS) is 12.7. The number of rotatable bonds is 4. The van der Waals surface area contributed by atoms with Crippen LogP contribution in [-0.4, -0.2) is 18.8 Å². The summed E-state index contributed by atoms with van der Waals surface area (Å²) in [5, 5.41) is 4.20. The molecule has 1 aliphatic rings. The Kier molecular flexibility index (Phi) is 8.53. The van der Waals surface area contributed by atoms with E-state index in [4.69, 9.17) is 0 Å². The third-order valence-electron chi connectivity index (χ3n) is 7.00. The van der Waals surface area contributed by atoms with E-state index in [9.17, 15) is 0 Å². The number of benzene rings is 3. The average molecular weight is 718 g/mol. The van der Waals surface area contributed by atoms with Crippen LogP contribution in [0.3, 0.4) is 0 Å². The topological polar surface area (TPSA) is 25.8 Å². The molecule has 0 N–H and O–H groups in total. The SMILES string of the molecule is C[Si](C)c1ccc2c(c1)sc1c(-c3cc(C4CC4)ccn3)[c-]ccc12.Cc1ccc(-c2[c-]cccc2)nc1.[Ir]. The second-order valence-corrected chi connectivity index (χ2v) is 13.8. The Bertz CT molecular complexity index is 1710. The van der Waals surface area contributed by atoms with Crippen molar-refractivity contribution in [3.8, 4) is 22.5 Å². The zero-order valence-corrected chi connectivity index (χ0v) is 26.5. The molecule has 1 fully saturated rings. The van der Waals surface area contributed by atoms with E-state index in [1.165, 1.54) is 49.3 Å². The van der Waals surface area contributed by atoms with Gasteiger partial charge in [-0.1, -0.05) is 59.6 Å². The van der Waals surface area contributed by atoms with Crippen LogP contribution in [-0.2, 0) is 20.1 Å². The van der Waals surface area contributed by atoms with Crippen LogP contribution in [0.1, 0.15) is 29.9 Å². The molecule has 3 aromatic heterocycles. The van der Waals surface area contributed by atoms with Crippen LogP contribution >= 0.6 is 11.3 Å². The standard InChI is InChI=1S/C22H19NSSi.C12H10N.Ir/c1-25(2)16-8-9-17-18-4-3-5-19(22(18)24-21(17)13-16)20-12-15(10-11-23-20)14-6-7-14;1-10-7-8-12(13-9-10)11-5-3-2-4-6-11;/h3-4,8-14H,6-7H2,1-2H3;2-5,7-9H,1H3;/q2*-1;. The van der Waals surface area contributed by atoms with Gasteiger partial charge in [0, 0.05) is 37.2 Å². The van der Waals surface area contributed by atoms with E-state index in [-0.39, 0.29) is 20.1 Å². The molecule has 2 nitrogen and oxygen atoms in total. The Labute approximate surface area is 250 Å². The van der Waals surface area contributed by atoms with Crippen molar-refractivity contribution in [1.82, 2.24) is 9.97 Å². The first-order valence-electron chi connectivity index (χ1n) is 13.1. The van der Waals surface area contributed by atoms with Gasteiger partial charge in [-0.3, -0.25) is 0 Å². The summed E-state index contributed by atoms with van der Waals surface area (Å²) in [6.07, 6.45) is 6.47. The minimum atomic E-state index is -0.423. The van der Waals surface area contributed by atoms with E-state index in [0.717, 1.165) is 28.4 Å². The number of pyridine rings is 2. The average Bonchev–Trinajstić information content (AvgIpc) is 3.74. The van der Waals surface area contributed by atoms with Crippen molar-refractivity contribution in [1.29, 1.82) is 0 Å². The second-order valence-electron chi connectivity index (χ2n) is 10.2. The quantitative estimate of drug-likeness (QED) is 0.135. The van der Waals surface area contributed by atoms with Gasteiger partial charge in [-0.2, -0.15) is 11.3 Å². The third-order valence-corrected chi connectivity index (χ3v) is 9.65. The first-order valence-corrected chi connectivity index (χ1v) is 16.4. The third kappa shape index (κ3) is 6.13. The molecule has 39 heavy (non-hydrogen) atoms. The molecule has 0 saturated heterocycles. The zero-order valence-electron chi connectivity index (χ0n) is 22.3. The van der Waals surface area contributed by atoms with Gasteiger partial charge >= 0.3 is 0 Å². The van der Waals surface area contributed by atoms with E-state index >= 15 is 0 Å². The number of hydrogen-bond acceptors (Lipinski definition) is 3. The Morgan fingerprint density at radius 2 is 1.72 bits per heavy atom. The van der Waals surface area contributed by atoms with Gasteiger partial charge in [-0.25, -0.2) is 0 Å². The van der Waals surface area contributed by atoms with Gasteiger partial charge in [0.1, 0.15) is 0 Å². The molecule has 5 heteroatoms. The fraction of sp³-hybridized carbons (Fsp3) is 0.176. The first kappa shape index (κ1) is 27.6. The molecule has 7 rings (SSSR count). The van der Waals surface area contributed by atoms with E-state index in [1.54, 1.807) is 0 Å². The number of thiophene rings is 1. The van der Waals surface area contributed by atoms with Crippen LogP contribution in [0.5, 0.6) is 0 Å². The second kappa shape index (κ2) is 12.1. The Morgan fingerprint density at radius 1 is 0.846 bits per heavy atom. The molecule has 1 aliphatic carbocycles. The van der Waals surface area contributed by atoms with Crippen molar-refractivity contribution in [3.63, 3.8) is 0 Å². The summed E-state index contributed by atoms with van der Waals surface area (Å²) in [5.41, 5.74) is 6.86. The number of nitrogens with zero attached hydrogens (tertiary/aromatic N) is 2. The van der Waals surface area contributed by atoms with Crippen molar-refractivity contribution >= 4 is 45.5 Å². The van der Waals surface area contributed by atoms with Crippen LogP contribution in [0.25, 0.3) is 42.7 Å². The smallest absolute Gasteiger partial charge is 0.0792 e. The summed E-state index contributed by atoms with van der Waals surface area (Å²) in [7, 11) is -0.423. The molecule has 1 saturated carbocycles. The maximum atomic E-state index is 4.67. The maximum Gasteiger partial charge on any atom is 0.0792 e. The van der Waals surface area contributed by atoms with Gasteiger partial charge in [-0.05, 0) is 64.9 Å². The molecular weight excluding hydrogens is 689 g/mol. The van der Waals surface area contributed by atoms with E-state index in [2.05, 4.69) is 83.7 Å². The molecule has 0 atom stereocenters. The van der Waals surface area contributed by atoms with E-state index < -0.39 is 8.80 Å². The predicted octanol–water partition coefficient (Wildman–Crippen LogP) is 8.61. The molecular formula is C34H29IrN2SSi-2. The van der Waals surface area contributed by atoms with Crippen LogP contribution in [0.2, 0.25) is 13.1 Å². The van der Waals surface area contributed by atoms with Crippen molar-refractivity contribution in [2.45, 2.75) is 38.8 Å². The summed E-state index contributed by atoms with van der Waals surface area (Å²) < 4.78 is 2.70. The number of fused-ring (bicyclic) bond motifs is 3. The van der Waals surface area contributed by atoms with E-state index in [0.29, 0.717) is 0 Å². The van der Waals surface area contributed by atoms with Gasteiger partial charge in [0.25, 0.3) is 0 Å². The summed E-state index contributed by atoms with van der Waals surface area (Å²) in [4.78, 5) is 8.98. The Morgan fingerprint density at radius 3 is 2.44 bits per heavy atom. The van der Waals surface area contributed by atoms with Crippen LogP contribution < -0.4 is 5.19 Å². The van der Waals surface area contributed by atoms with Gasteiger partial charge in [0.15, 0.2) is 0 Å². The molecule has 0 bridgehead atoms. The predicted molar refractivity (Wildman–Crippen MR) is 164 cm³/mol. The molecule has 0 unspecified atom stereocenters. The molecule has 196 valence electrons. The molecule has 3 heterocycles. The van der Waals surface area contributed by atoms with Crippen molar-refractivity contribution in [2.75, 3.05) is 0 Å². The van der Waals surface area contributed by atoms with Crippen molar-refractivity contribution in [2.24, 2.45) is 0 Å². The Balaban J connectivity index is 0.000000187. The van der Waals surface area contributed by atoms with Crippen molar-refractivity contribution in [3.05, 3.63) is 115 Å². The fourth-order valence-corrected chi connectivity index (χ4v) is 6.88. The number of hydrogen-bond donors (Lipinski definition) is 0. The van der Waals surface area contributed by atoms with Gasteiger partial charge in [0.05, 0.1) is 8.80 Å². The van der Waals surface area contributed by atoms with Gasteiger partial charge < -0.3 is 9.97 Å². The zero-order chi connectivity index (χ0) is 26.1. The van der Waals surface area contributed by atoms with Crippen LogP contribution in [0.15, 0.2) is 91.3 Å². The number of aryl methyl sites for hydroxylation is 1. The molecule has 2 radical (unpaired) electrons. The Hall–Kier alpha value is -2.95. The largest absolute Gasteiger partial charge is 0.305 e. The fourth-order valence-electron chi connectivity index (χ4n) is 4.68. The summed E-state index contributed by atoms with van der Waals surface area (Å²) in [6.45, 7) is 6.74. The summed E-state index contributed by atoms with van der Waals surface area (Å²) in [5.74, 6) is 0.751. The van der Waals surface area contributed by atoms with Crippen molar-refractivity contribution < 1.29 is 20.1 Å². The maximum absolute atomic E-state index is 4.67. The molecule has 3 aromatic carbocycles. The van der Waals surface area contributed by atoms with Crippen LogP contribution in [0, 0.1) is 19.1 Å². The molecule has 0 spiro atoms. The molecule has 0 aliphatic heterocycles. The summed E-state index contributed by atoms with van der Waals surface area (Å²) >= 11 is 1.89. The monoisotopic (exact) mass is 718 g/mol. The molecule has 0 amide bonds. The van der Waals surface area contributed by atoms with Gasteiger partial charge in [0.2, 0.25) is 0 Å².